The number of aromatic nitrogens is 1. The molecule has 1 aromatic heterocycles. The summed E-state index contributed by atoms with van der Waals surface area (Å²) in [7, 11) is 0. The van der Waals surface area contributed by atoms with Crippen molar-refractivity contribution in [1.29, 1.82) is 0 Å². The Hall–Kier alpha value is -1.66. The lowest BCUT2D eigenvalue weighted by atomic mass is 10.2. The monoisotopic (exact) mass is 250 g/mol. The minimum absolute atomic E-state index is 0.0154. The smallest absolute Gasteiger partial charge is 0.283 e. The fourth-order valence-corrected chi connectivity index (χ4v) is 2.47. The summed E-state index contributed by atoms with van der Waals surface area (Å²) in [6, 6.07) is 6.63. The maximum Gasteiger partial charge on any atom is 0.283 e. The highest BCUT2D eigenvalue weighted by molar-refractivity contribution is 7.99. The molecule has 1 N–H and O–H groups in total. The molecular weight excluding hydrogens is 240 g/mol. The van der Waals surface area contributed by atoms with Gasteiger partial charge in [-0.3, -0.25) is 15.1 Å². The van der Waals surface area contributed by atoms with Crippen molar-refractivity contribution in [2.75, 3.05) is 12.4 Å². The van der Waals surface area contributed by atoms with E-state index in [1.165, 1.54) is 17.8 Å². The number of pyridine rings is 1. The summed E-state index contributed by atoms with van der Waals surface area (Å²) in [5.41, 5.74) is 0.780. The lowest BCUT2D eigenvalue weighted by Crippen LogP contribution is -1.94. The molecule has 2 aromatic rings. The number of hydrogen-bond donors (Lipinski definition) is 1. The van der Waals surface area contributed by atoms with Crippen LogP contribution in [0.5, 0.6) is 0 Å². The summed E-state index contributed by atoms with van der Waals surface area (Å²) >= 11 is 1.27. The van der Waals surface area contributed by atoms with Gasteiger partial charge in [-0.1, -0.05) is 0 Å². The number of nitro benzene ring substituents is 1. The molecule has 88 valence electrons. The summed E-state index contributed by atoms with van der Waals surface area (Å²) < 4.78 is 0. The van der Waals surface area contributed by atoms with E-state index in [2.05, 4.69) is 4.98 Å². The SMILES string of the molecule is O=[N+]([O-])c1ccc2ncccc2c1SCCO. The highest BCUT2D eigenvalue weighted by atomic mass is 32.2. The van der Waals surface area contributed by atoms with E-state index in [1.54, 1.807) is 24.4 Å². The van der Waals surface area contributed by atoms with Crippen molar-refractivity contribution >= 4 is 28.4 Å². The number of benzene rings is 1. The summed E-state index contributed by atoms with van der Waals surface area (Å²) in [5.74, 6) is 0.425. The van der Waals surface area contributed by atoms with Gasteiger partial charge in [0.1, 0.15) is 0 Å². The molecular formula is C11H10N2O3S. The molecule has 0 aliphatic rings. The summed E-state index contributed by atoms with van der Waals surface area (Å²) in [6.45, 7) is -0.0154. The summed E-state index contributed by atoms with van der Waals surface area (Å²) in [5, 5.41) is 20.5. The second-order valence-electron chi connectivity index (χ2n) is 3.31. The second kappa shape index (κ2) is 5.11. The van der Waals surface area contributed by atoms with Crippen LogP contribution in [-0.2, 0) is 0 Å². The van der Waals surface area contributed by atoms with Crippen molar-refractivity contribution in [3.63, 3.8) is 0 Å². The highest BCUT2D eigenvalue weighted by Crippen LogP contribution is 2.35. The van der Waals surface area contributed by atoms with E-state index in [4.69, 9.17) is 5.11 Å². The molecule has 0 aliphatic heterocycles. The molecule has 0 radical (unpaired) electrons. The van der Waals surface area contributed by atoms with Crippen LogP contribution in [0.2, 0.25) is 0 Å². The summed E-state index contributed by atoms with van der Waals surface area (Å²) in [6.07, 6.45) is 1.65. The minimum Gasteiger partial charge on any atom is -0.396 e. The zero-order valence-corrected chi connectivity index (χ0v) is 9.68. The number of aliphatic hydroxyl groups excluding tert-OH is 1. The van der Waals surface area contributed by atoms with Gasteiger partial charge in [-0.05, 0) is 18.2 Å². The Morgan fingerprint density at radius 1 is 1.41 bits per heavy atom. The van der Waals surface area contributed by atoms with E-state index in [0.717, 1.165) is 10.9 Å². The van der Waals surface area contributed by atoms with Gasteiger partial charge < -0.3 is 5.11 Å². The molecule has 0 saturated carbocycles. The molecule has 17 heavy (non-hydrogen) atoms. The van der Waals surface area contributed by atoms with Crippen LogP contribution in [-0.4, -0.2) is 27.4 Å². The molecule has 0 bridgehead atoms. The number of fused-ring (bicyclic) bond motifs is 1. The maximum atomic E-state index is 10.9. The molecule has 6 heteroatoms. The van der Waals surface area contributed by atoms with Crippen molar-refractivity contribution in [3.8, 4) is 0 Å². The van der Waals surface area contributed by atoms with Crippen molar-refractivity contribution in [3.05, 3.63) is 40.6 Å². The number of aliphatic hydroxyl groups is 1. The van der Waals surface area contributed by atoms with E-state index in [-0.39, 0.29) is 12.3 Å². The average Bonchev–Trinajstić information content (AvgIpc) is 2.35. The molecule has 0 spiro atoms. The number of nitrogens with zero attached hydrogens (tertiary/aromatic N) is 2. The van der Waals surface area contributed by atoms with Gasteiger partial charge in [0.25, 0.3) is 5.69 Å². The predicted molar refractivity (Wildman–Crippen MR) is 66.2 cm³/mol. The van der Waals surface area contributed by atoms with Gasteiger partial charge in [0, 0.05) is 23.4 Å². The first-order valence-electron chi connectivity index (χ1n) is 5.00. The van der Waals surface area contributed by atoms with Gasteiger partial charge in [0.2, 0.25) is 0 Å². The van der Waals surface area contributed by atoms with E-state index in [0.29, 0.717) is 10.6 Å². The van der Waals surface area contributed by atoms with Crippen LogP contribution < -0.4 is 0 Å². The number of nitro groups is 1. The van der Waals surface area contributed by atoms with Crippen LogP contribution >= 0.6 is 11.8 Å². The number of hydrogen-bond acceptors (Lipinski definition) is 5. The number of rotatable bonds is 4. The summed E-state index contributed by atoms with van der Waals surface area (Å²) in [4.78, 5) is 15.2. The molecule has 1 aromatic carbocycles. The zero-order valence-electron chi connectivity index (χ0n) is 8.87. The molecule has 0 saturated heterocycles. The molecule has 0 amide bonds. The van der Waals surface area contributed by atoms with Crippen LogP contribution in [0.15, 0.2) is 35.4 Å². The third-order valence-electron chi connectivity index (χ3n) is 2.25. The average molecular weight is 250 g/mol. The Balaban J connectivity index is 2.61. The van der Waals surface area contributed by atoms with Crippen LogP contribution in [0.4, 0.5) is 5.69 Å². The Kier molecular flexibility index (Phi) is 3.55. The lowest BCUT2D eigenvalue weighted by Gasteiger charge is -2.05. The zero-order chi connectivity index (χ0) is 12.3. The first-order chi connectivity index (χ1) is 8.24. The normalized spacial score (nSPS) is 10.6. The fraction of sp³-hybridized carbons (Fsp3) is 0.182. The van der Waals surface area contributed by atoms with Crippen molar-refractivity contribution in [1.82, 2.24) is 4.98 Å². The van der Waals surface area contributed by atoms with Crippen LogP contribution in [0.3, 0.4) is 0 Å². The van der Waals surface area contributed by atoms with E-state index < -0.39 is 4.92 Å². The van der Waals surface area contributed by atoms with Crippen LogP contribution in [0, 0.1) is 10.1 Å². The molecule has 0 fully saturated rings. The number of thioether (sulfide) groups is 1. The Bertz CT molecular complexity index is 559. The maximum absolute atomic E-state index is 10.9. The quantitative estimate of drug-likeness (QED) is 0.511. The second-order valence-corrected chi connectivity index (χ2v) is 4.42. The van der Waals surface area contributed by atoms with Crippen LogP contribution in [0.25, 0.3) is 10.9 Å². The predicted octanol–water partition coefficient (Wildman–Crippen LogP) is 2.23. The molecule has 2 rings (SSSR count). The van der Waals surface area contributed by atoms with Crippen molar-refractivity contribution in [2.24, 2.45) is 0 Å². The Morgan fingerprint density at radius 3 is 2.94 bits per heavy atom. The van der Waals surface area contributed by atoms with Gasteiger partial charge in [-0.25, -0.2) is 0 Å². The molecule has 1 heterocycles. The van der Waals surface area contributed by atoms with E-state index in [9.17, 15) is 10.1 Å². The van der Waals surface area contributed by atoms with Gasteiger partial charge in [0.05, 0.1) is 21.9 Å². The van der Waals surface area contributed by atoms with Crippen molar-refractivity contribution in [2.45, 2.75) is 4.90 Å². The van der Waals surface area contributed by atoms with Gasteiger partial charge in [-0.2, -0.15) is 0 Å². The van der Waals surface area contributed by atoms with Crippen LogP contribution in [0.1, 0.15) is 0 Å². The lowest BCUT2D eigenvalue weighted by molar-refractivity contribution is -0.387. The topological polar surface area (TPSA) is 76.3 Å². The molecule has 0 atom stereocenters. The van der Waals surface area contributed by atoms with E-state index in [1.807, 2.05) is 0 Å². The van der Waals surface area contributed by atoms with Gasteiger partial charge >= 0.3 is 0 Å². The largest absolute Gasteiger partial charge is 0.396 e. The standard InChI is InChI=1S/C11H10N2O3S/c14-6-7-17-11-8-2-1-5-12-9(8)3-4-10(11)13(15)16/h1-5,14H,6-7H2. The third kappa shape index (κ3) is 2.37. The molecule has 0 aliphatic carbocycles. The first kappa shape index (κ1) is 11.8. The minimum atomic E-state index is -0.411. The Morgan fingerprint density at radius 2 is 2.24 bits per heavy atom. The van der Waals surface area contributed by atoms with E-state index >= 15 is 0 Å². The third-order valence-corrected chi connectivity index (χ3v) is 3.35. The van der Waals surface area contributed by atoms with Gasteiger partial charge in [0.15, 0.2) is 0 Å². The molecule has 0 unspecified atom stereocenters. The van der Waals surface area contributed by atoms with Crippen molar-refractivity contribution < 1.29 is 10.0 Å². The Labute approximate surface area is 102 Å². The fourth-order valence-electron chi connectivity index (χ4n) is 1.56. The van der Waals surface area contributed by atoms with Gasteiger partial charge in [-0.15, -0.1) is 11.8 Å². The molecule has 5 nitrogen and oxygen atoms in total. The first-order valence-corrected chi connectivity index (χ1v) is 5.98. The highest BCUT2D eigenvalue weighted by Gasteiger charge is 2.17.